The largest absolute Gasteiger partial charge is 0.401 e. The van der Waals surface area contributed by atoms with E-state index in [1.807, 2.05) is 0 Å². The average Bonchev–Trinajstić information content (AvgIpc) is 1.87. The molecule has 0 saturated heterocycles. The third-order valence-electron chi connectivity index (χ3n) is 0.870. The van der Waals surface area contributed by atoms with Gasteiger partial charge in [-0.1, -0.05) is 11.4 Å². The van der Waals surface area contributed by atoms with Crippen LogP contribution >= 0.6 is 11.1 Å². The van der Waals surface area contributed by atoms with Crippen molar-refractivity contribution in [3.05, 3.63) is 24.6 Å². The predicted octanol–water partition coefficient (Wildman–Crippen LogP) is 1.76. The van der Waals surface area contributed by atoms with Crippen LogP contribution in [0.5, 0.6) is 0 Å². The van der Waals surface area contributed by atoms with Crippen LogP contribution in [-0.4, -0.2) is 14.7 Å². The van der Waals surface area contributed by atoms with Gasteiger partial charge in [0.1, 0.15) is 0 Å². The summed E-state index contributed by atoms with van der Waals surface area (Å²) in [5.41, 5.74) is 3.23. The molecule has 3 heteroatoms. The molecule has 0 aromatic heterocycles. The second kappa shape index (κ2) is 3.07. The lowest BCUT2D eigenvalue weighted by atomic mass is 11.2. The van der Waals surface area contributed by atoms with Crippen LogP contribution in [0.1, 0.15) is 0 Å². The van der Waals surface area contributed by atoms with Crippen molar-refractivity contribution in [3.63, 3.8) is 0 Å². The van der Waals surface area contributed by atoms with E-state index in [9.17, 15) is 0 Å². The molecule has 0 aromatic rings. The topological polar surface area (TPSA) is 9.23 Å². The molecule has 0 heterocycles. The lowest BCUT2D eigenvalue weighted by Gasteiger charge is -2.10. The molecule has 8 heavy (non-hydrogen) atoms. The zero-order valence-electron chi connectivity index (χ0n) is 4.86. The molecular weight excluding hydrogens is 140 g/mol. The van der Waals surface area contributed by atoms with Crippen LogP contribution in [0.2, 0.25) is 0 Å². The van der Waals surface area contributed by atoms with Crippen LogP contribution in [0.4, 0.5) is 0 Å². The first-order chi connectivity index (χ1) is 3.68. The summed E-state index contributed by atoms with van der Waals surface area (Å²) in [6.07, 6.45) is 0. The van der Waals surface area contributed by atoms with Crippen molar-refractivity contribution in [3.8, 4) is 0 Å². The molecule has 0 aliphatic carbocycles. The standard InChI is InChI=1S/C5H9ClOSi/c1-4-8(6,5-2)7-3/h4-5H,1-2H2,3H3. The van der Waals surface area contributed by atoms with Gasteiger partial charge in [-0.05, 0) is 0 Å². The highest BCUT2D eigenvalue weighted by Gasteiger charge is 2.21. The number of hydrogen-bond donors (Lipinski definition) is 0. The Morgan fingerprint density at radius 2 is 1.88 bits per heavy atom. The van der Waals surface area contributed by atoms with Crippen molar-refractivity contribution >= 4 is 18.7 Å². The Hall–Kier alpha value is -0.0531. The summed E-state index contributed by atoms with van der Waals surface area (Å²) in [6.45, 7) is 7.02. The fourth-order valence-electron chi connectivity index (χ4n) is 0.250. The van der Waals surface area contributed by atoms with Crippen molar-refractivity contribution in [2.75, 3.05) is 7.11 Å². The molecule has 0 aliphatic rings. The molecule has 46 valence electrons. The van der Waals surface area contributed by atoms with Gasteiger partial charge in [0.2, 0.25) is 0 Å². The third-order valence-corrected chi connectivity index (χ3v) is 4.00. The third kappa shape index (κ3) is 1.82. The van der Waals surface area contributed by atoms with E-state index in [4.69, 9.17) is 15.5 Å². The van der Waals surface area contributed by atoms with E-state index in [2.05, 4.69) is 13.2 Å². The predicted molar refractivity (Wildman–Crippen MR) is 39.0 cm³/mol. The first-order valence-corrected chi connectivity index (χ1v) is 5.27. The van der Waals surface area contributed by atoms with E-state index in [1.165, 1.54) is 0 Å². The smallest absolute Gasteiger partial charge is 0.339 e. The first kappa shape index (κ1) is 7.95. The number of halogens is 1. The van der Waals surface area contributed by atoms with Gasteiger partial charge in [0.15, 0.2) is 0 Å². The van der Waals surface area contributed by atoms with Gasteiger partial charge in [0, 0.05) is 7.11 Å². The highest BCUT2D eigenvalue weighted by molar-refractivity contribution is 7.22. The molecule has 0 aliphatic heterocycles. The molecule has 0 spiro atoms. The summed E-state index contributed by atoms with van der Waals surface area (Å²) in [4.78, 5) is 0. The number of rotatable bonds is 3. The zero-order valence-corrected chi connectivity index (χ0v) is 6.61. The van der Waals surface area contributed by atoms with Gasteiger partial charge >= 0.3 is 7.63 Å². The highest BCUT2D eigenvalue weighted by Crippen LogP contribution is 2.10. The van der Waals surface area contributed by atoms with Crippen LogP contribution in [0.25, 0.3) is 0 Å². The van der Waals surface area contributed by atoms with Gasteiger partial charge in [-0.25, -0.2) is 0 Å². The molecule has 0 unspecified atom stereocenters. The lowest BCUT2D eigenvalue weighted by molar-refractivity contribution is 0.430. The van der Waals surface area contributed by atoms with E-state index in [1.54, 1.807) is 18.5 Å². The van der Waals surface area contributed by atoms with E-state index in [-0.39, 0.29) is 0 Å². The SMILES string of the molecule is C=C[Si](Cl)(C=C)OC. The van der Waals surface area contributed by atoms with Crippen molar-refractivity contribution in [1.29, 1.82) is 0 Å². The molecule has 0 amide bonds. The second-order valence-electron chi connectivity index (χ2n) is 1.31. The first-order valence-electron chi connectivity index (χ1n) is 2.20. The maximum Gasteiger partial charge on any atom is 0.339 e. The van der Waals surface area contributed by atoms with Crippen molar-refractivity contribution < 1.29 is 4.43 Å². The van der Waals surface area contributed by atoms with E-state index in [0.717, 1.165) is 0 Å². The molecule has 0 radical (unpaired) electrons. The zero-order chi connectivity index (χ0) is 6.62. The molecule has 0 bridgehead atoms. The lowest BCUT2D eigenvalue weighted by Crippen LogP contribution is -2.23. The quantitative estimate of drug-likeness (QED) is 0.438. The monoisotopic (exact) mass is 148 g/mol. The minimum atomic E-state index is -2.17. The summed E-state index contributed by atoms with van der Waals surface area (Å²) >= 11 is 5.77. The Bertz CT molecular complexity index is 94.6. The van der Waals surface area contributed by atoms with Crippen LogP contribution in [0.3, 0.4) is 0 Å². The normalized spacial score (nSPS) is 10.8. The van der Waals surface area contributed by atoms with Crippen LogP contribution in [0.15, 0.2) is 24.6 Å². The Kier molecular flexibility index (Phi) is 3.05. The van der Waals surface area contributed by atoms with Gasteiger partial charge < -0.3 is 4.43 Å². The van der Waals surface area contributed by atoms with Gasteiger partial charge in [-0.3, -0.25) is 0 Å². The second-order valence-corrected chi connectivity index (χ2v) is 5.70. The molecule has 0 aromatic carbocycles. The fraction of sp³-hybridized carbons (Fsp3) is 0.200. The van der Waals surface area contributed by atoms with E-state index < -0.39 is 7.63 Å². The average molecular weight is 149 g/mol. The maximum atomic E-state index is 5.77. The van der Waals surface area contributed by atoms with Crippen LogP contribution in [-0.2, 0) is 4.43 Å². The Labute approximate surface area is 55.4 Å². The summed E-state index contributed by atoms with van der Waals surface area (Å²) in [7, 11) is -0.613. The Morgan fingerprint density at radius 3 is 1.88 bits per heavy atom. The molecule has 0 N–H and O–H groups in total. The number of hydrogen-bond acceptors (Lipinski definition) is 1. The molecule has 0 saturated carbocycles. The van der Waals surface area contributed by atoms with Crippen LogP contribution in [0, 0.1) is 0 Å². The van der Waals surface area contributed by atoms with Crippen LogP contribution < -0.4 is 0 Å². The van der Waals surface area contributed by atoms with E-state index in [0.29, 0.717) is 0 Å². The minimum Gasteiger partial charge on any atom is -0.401 e. The van der Waals surface area contributed by atoms with Gasteiger partial charge in [-0.15, -0.1) is 24.2 Å². The Balaban J connectivity index is 3.96. The van der Waals surface area contributed by atoms with Crippen molar-refractivity contribution in [1.82, 2.24) is 0 Å². The van der Waals surface area contributed by atoms with Gasteiger partial charge in [-0.2, -0.15) is 0 Å². The molecule has 0 atom stereocenters. The highest BCUT2D eigenvalue weighted by atomic mass is 35.6. The maximum absolute atomic E-state index is 5.77. The Morgan fingerprint density at radius 1 is 1.50 bits per heavy atom. The summed E-state index contributed by atoms with van der Waals surface area (Å²) in [5, 5.41) is 0. The van der Waals surface area contributed by atoms with E-state index >= 15 is 0 Å². The van der Waals surface area contributed by atoms with Gasteiger partial charge in [0.05, 0.1) is 0 Å². The molecule has 1 nitrogen and oxygen atoms in total. The van der Waals surface area contributed by atoms with Gasteiger partial charge in [0.25, 0.3) is 0 Å². The molecule has 0 fully saturated rings. The molecular formula is C5H9ClOSi. The van der Waals surface area contributed by atoms with Crippen molar-refractivity contribution in [2.24, 2.45) is 0 Å². The summed E-state index contributed by atoms with van der Waals surface area (Å²) in [6, 6.07) is 0. The summed E-state index contributed by atoms with van der Waals surface area (Å²) in [5.74, 6) is 0. The molecule has 0 rings (SSSR count). The minimum absolute atomic E-state index is 1.56. The fourth-order valence-corrected chi connectivity index (χ4v) is 0.750. The van der Waals surface area contributed by atoms with Crippen molar-refractivity contribution in [2.45, 2.75) is 0 Å². The summed E-state index contributed by atoms with van der Waals surface area (Å²) < 4.78 is 4.90.